The summed E-state index contributed by atoms with van der Waals surface area (Å²) in [7, 11) is 1.57. The molecule has 4 heteroatoms. The molecule has 0 spiro atoms. The number of hydrogen-bond acceptors (Lipinski definition) is 3. The molecular weight excluding hydrogens is 158 g/mol. The van der Waals surface area contributed by atoms with E-state index in [4.69, 9.17) is 15.9 Å². The van der Waals surface area contributed by atoms with Crippen LogP contribution in [0.2, 0.25) is 0 Å². The van der Waals surface area contributed by atoms with Gasteiger partial charge in [-0.2, -0.15) is 0 Å². The van der Waals surface area contributed by atoms with Crippen LogP contribution < -0.4 is 5.32 Å². The highest BCUT2D eigenvalue weighted by atomic mass is 16.5. The Bertz CT molecular complexity index is 162. The van der Waals surface area contributed by atoms with Crippen LogP contribution in [0.5, 0.6) is 0 Å². The normalized spacial score (nSPS) is 9.00. The summed E-state index contributed by atoms with van der Waals surface area (Å²) in [6.07, 6.45) is 4.93. The number of terminal acetylenes is 1. The Morgan fingerprint density at radius 3 is 2.92 bits per heavy atom. The lowest BCUT2D eigenvalue weighted by Crippen LogP contribution is -2.28. The van der Waals surface area contributed by atoms with Crippen LogP contribution in [0.1, 0.15) is 0 Å². The highest BCUT2D eigenvalue weighted by Crippen LogP contribution is 1.75. The largest absolute Gasteiger partial charge is 0.382 e. The minimum Gasteiger partial charge on any atom is -0.382 e. The van der Waals surface area contributed by atoms with Crippen molar-refractivity contribution >= 4 is 5.91 Å². The van der Waals surface area contributed by atoms with Gasteiger partial charge in [-0.3, -0.25) is 4.79 Å². The van der Waals surface area contributed by atoms with Gasteiger partial charge >= 0.3 is 0 Å². The van der Waals surface area contributed by atoms with Gasteiger partial charge in [-0.25, -0.2) is 0 Å². The molecule has 0 fully saturated rings. The first kappa shape index (κ1) is 11.0. The second-order valence-electron chi connectivity index (χ2n) is 2.03. The lowest BCUT2D eigenvalue weighted by molar-refractivity contribution is -0.125. The summed E-state index contributed by atoms with van der Waals surface area (Å²) < 4.78 is 9.64. The van der Waals surface area contributed by atoms with Crippen LogP contribution >= 0.6 is 0 Å². The molecule has 4 nitrogen and oxygen atoms in total. The average Bonchev–Trinajstić information content (AvgIpc) is 2.09. The predicted molar refractivity (Wildman–Crippen MR) is 44.5 cm³/mol. The van der Waals surface area contributed by atoms with E-state index >= 15 is 0 Å². The zero-order chi connectivity index (χ0) is 9.23. The maximum atomic E-state index is 10.8. The monoisotopic (exact) mass is 171 g/mol. The summed E-state index contributed by atoms with van der Waals surface area (Å²) in [4.78, 5) is 10.8. The van der Waals surface area contributed by atoms with Crippen LogP contribution in [0.25, 0.3) is 0 Å². The minimum atomic E-state index is -0.205. The molecule has 0 aromatic carbocycles. The van der Waals surface area contributed by atoms with E-state index in [0.717, 1.165) is 0 Å². The molecule has 0 rings (SSSR count). The van der Waals surface area contributed by atoms with E-state index < -0.39 is 0 Å². The molecule has 0 aliphatic heterocycles. The molecular formula is C8H13NO3. The molecule has 0 bridgehead atoms. The fourth-order valence-corrected chi connectivity index (χ4v) is 0.508. The number of carbonyl (C=O) groups excluding carboxylic acids is 1. The third kappa shape index (κ3) is 7.06. The molecule has 0 atom stereocenters. The fraction of sp³-hybridized carbons (Fsp3) is 0.625. The van der Waals surface area contributed by atoms with Crippen molar-refractivity contribution in [1.82, 2.24) is 5.32 Å². The van der Waals surface area contributed by atoms with E-state index in [0.29, 0.717) is 13.2 Å². The molecule has 68 valence electrons. The molecule has 0 aliphatic rings. The number of ether oxygens (including phenoxy) is 2. The summed E-state index contributed by atoms with van der Waals surface area (Å²) in [5.74, 6) is 2.08. The molecule has 12 heavy (non-hydrogen) atoms. The van der Waals surface area contributed by atoms with Crippen LogP contribution in [0.3, 0.4) is 0 Å². The van der Waals surface area contributed by atoms with Gasteiger partial charge in [0, 0.05) is 7.11 Å². The Kier molecular flexibility index (Phi) is 7.35. The molecule has 0 saturated heterocycles. The van der Waals surface area contributed by atoms with Crippen molar-refractivity contribution in [2.75, 3.05) is 33.5 Å². The van der Waals surface area contributed by atoms with Gasteiger partial charge in [0.05, 0.1) is 19.8 Å². The Labute approximate surface area is 72.2 Å². The van der Waals surface area contributed by atoms with Crippen LogP contribution in [-0.2, 0) is 14.3 Å². The minimum absolute atomic E-state index is 0.0328. The molecule has 0 radical (unpaired) electrons. The van der Waals surface area contributed by atoms with Gasteiger partial charge in [0.2, 0.25) is 5.91 Å². The number of amides is 1. The maximum Gasteiger partial charge on any atom is 0.246 e. The number of nitrogens with one attached hydrogen (secondary N) is 1. The Morgan fingerprint density at radius 2 is 2.33 bits per heavy atom. The van der Waals surface area contributed by atoms with Crippen molar-refractivity contribution in [3.8, 4) is 12.3 Å². The van der Waals surface area contributed by atoms with Crippen molar-refractivity contribution in [2.24, 2.45) is 0 Å². The third-order valence-corrected chi connectivity index (χ3v) is 1.05. The summed E-state index contributed by atoms with van der Waals surface area (Å²) in [5, 5.41) is 2.47. The zero-order valence-electron chi connectivity index (χ0n) is 7.13. The Hall–Kier alpha value is -1.05. The maximum absolute atomic E-state index is 10.8. The van der Waals surface area contributed by atoms with E-state index in [1.165, 1.54) is 0 Å². The van der Waals surface area contributed by atoms with E-state index in [9.17, 15) is 4.79 Å². The van der Waals surface area contributed by atoms with Crippen LogP contribution in [0.4, 0.5) is 0 Å². The van der Waals surface area contributed by atoms with E-state index in [2.05, 4.69) is 11.2 Å². The third-order valence-electron chi connectivity index (χ3n) is 1.05. The number of hydrogen-bond donors (Lipinski definition) is 1. The van der Waals surface area contributed by atoms with Gasteiger partial charge < -0.3 is 14.8 Å². The van der Waals surface area contributed by atoms with Gasteiger partial charge in [-0.15, -0.1) is 6.42 Å². The van der Waals surface area contributed by atoms with Crippen molar-refractivity contribution in [1.29, 1.82) is 0 Å². The van der Waals surface area contributed by atoms with E-state index in [-0.39, 0.29) is 19.1 Å². The van der Waals surface area contributed by atoms with Crippen molar-refractivity contribution < 1.29 is 14.3 Å². The van der Waals surface area contributed by atoms with Gasteiger partial charge in [-0.1, -0.05) is 5.92 Å². The lowest BCUT2D eigenvalue weighted by atomic mass is 10.6. The number of methoxy groups -OCH3 is 1. The average molecular weight is 171 g/mol. The highest BCUT2D eigenvalue weighted by molar-refractivity contribution is 5.77. The van der Waals surface area contributed by atoms with Crippen LogP contribution in [0.15, 0.2) is 0 Å². The van der Waals surface area contributed by atoms with E-state index in [1.54, 1.807) is 7.11 Å². The van der Waals surface area contributed by atoms with Crippen molar-refractivity contribution in [3.63, 3.8) is 0 Å². The second-order valence-corrected chi connectivity index (χ2v) is 2.03. The van der Waals surface area contributed by atoms with E-state index in [1.807, 2.05) is 0 Å². The highest BCUT2D eigenvalue weighted by Gasteiger charge is 1.97. The van der Waals surface area contributed by atoms with Gasteiger partial charge in [0.1, 0.15) is 6.61 Å². The first-order valence-electron chi connectivity index (χ1n) is 3.58. The van der Waals surface area contributed by atoms with Crippen LogP contribution in [-0.4, -0.2) is 39.4 Å². The molecule has 0 heterocycles. The number of rotatable bonds is 6. The first-order valence-corrected chi connectivity index (χ1v) is 3.58. The van der Waals surface area contributed by atoms with Gasteiger partial charge in [0.25, 0.3) is 0 Å². The quantitative estimate of drug-likeness (QED) is 0.429. The van der Waals surface area contributed by atoms with Crippen LogP contribution in [0, 0.1) is 12.3 Å². The Balaban J connectivity index is 3.15. The topological polar surface area (TPSA) is 47.6 Å². The smallest absolute Gasteiger partial charge is 0.246 e. The molecule has 1 N–H and O–H groups in total. The Morgan fingerprint density at radius 1 is 1.58 bits per heavy atom. The predicted octanol–water partition coefficient (Wildman–Crippen LogP) is -0.601. The molecule has 0 aliphatic carbocycles. The standard InChI is InChI=1S/C8H13NO3/c1-3-4-9-8(10)7-12-6-5-11-2/h1H,4-7H2,2H3,(H,9,10). The summed E-state index contributed by atoms with van der Waals surface area (Å²) >= 11 is 0. The molecule has 0 aromatic heterocycles. The zero-order valence-corrected chi connectivity index (χ0v) is 7.13. The van der Waals surface area contributed by atoms with Crippen molar-refractivity contribution in [3.05, 3.63) is 0 Å². The summed E-state index contributed by atoms with van der Waals surface area (Å²) in [6.45, 7) is 1.18. The molecule has 0 saturated carbocycles. The summed E-state index contributed by atoms with van der Waals surface area (Å²) in [5.41, 5.74) is 0. The second kappa shape index (κ2) is 8.05. The molecule has 0 unspecified atom stereocenters. The van der Waals surface area contributed by atoms with Crippen molar-refractivity contribution in [2.45, 2.75) is 0 Å². The number of carbonyl (C=O) groups is 1. The fourth-order valence-electron chi connectivity index (χ4n) is 0.508. The van der Waals surface area contributed by atoms with Gasteiger partial charge in [0.15, 0.2) is 0 Å². The lowest BCUT2D eigenvalue weighted by Gasteiger charge is -2.02. The molecule has 0 aromatic rings. The molecule has 1 amide bonds. The first-order chi connectivity index (χ1) is 5.81. The summed E-state index contributed by atoms with van der Waals surface area (Å²) in [6, 6.07) is 0. The van der Waals surface area contributed by atoms with Gasteiger partial charge in [-0.05, 0) is 0 Å². The SMILES string of the molecule is C#CCNC(=O)COCCOC.